The lowest BCUT2D eigenvalue weighted by Crippen LogP contribution is -2.34. The number of hydrogen-bond acceptors (Lipinski definition) is 3. The molecule has 0 N–H and O–H groups in total. The van der Waals surface area contributed by atoms with Crippen molar-refractivity contribution in [2.45, 2.75) is 26.2 Å². The standard InChI is InChI=1S/C16H15NO2/c1-11(18)9-16(10-17)8-7-13-5-3-4-6-14(13)15(16)12(2)19/h3-8,15H,9H2,1-2H3/t15-,16-/m1/s1. The summed E-state index contributed by atoms with van der Waals surface area (Å²) >= 11 is 0. The monoisotopic (exact) mass is 253 g/mol. The molecule has 0 aromatic heterocycles. The summed E-state index contributed by atoms with van der Waals surface area (Å²) in [5, 5.41) is 9.53. The number of nitriles is 1. The topological polar surface area (TPSA) is 57.9 Å². The molecule has 2 atom stereocenters. The van der Waals surface area contributed by atoms with Crippen LogP contribution in [-0.4, -0.2) is 11.6 Å². The molecule has 0 spiro atoms. The van der Waals surface area contributed by atoms with E-state index in [2.05, 4.69) is 6.07 Å². The van der Waals surface area contributed by atoms with Gasteiger partial charge in [-0.1, -0.05) is 36.4 Å². The summed E-state index contributed by atoms with van der Waals surface area (Å²) in [6.07, 6.45) is 3.61. The van der Waals surface area contributed by atoms with E-state index in [4.69, 9.17) is 0 Å². The van der Waals surface area contributed by atoms with E-state index in [9.17, 15) is 14.9 Å². The van der Waals surface area contributed by atoms with Crippen LogP contribution in [0.4, 0.5) is 0 Å². The van der Waals surface area contributed by atoms with Gasteiger partial charge in [-0.15, -0.1) is 0 Å². The Kier molecular flexibility index (Phi) is 3.35. The average Bonchev–Trinajstić information content (AvgIpc) is 2.37. The normalized spacial score (nSPS) is 24.4. The first-order chi connectivity index (χ1) is 9.00. The van der Waals surface area contributed by atoms with Gasteiger partial charge in [0.25, 0.3) is 0 Å². The molecule has 0 saturated carbocycles. The molecule has 0 amide bonds. The Balaban J connectivity index is 2.62. The molecule has 3 nitrogen and oxygen atoms in total. The van der Waals surface area contributed by atoms with Crippen LogP contribution in [0.2, 0.25) is 0 Å². The summed E-state index contributed by atoms with van der Waals surface area (Å²) in [7, 11) is 0. The van der Waals surface area contributed by atoms with Gasteiger partial charge in [-0.2, -0.15) is 5.26 Å². The lowest BCUT2D eigenvalue weighted by Gasteiger charge is -2.34. The van der Waals surface area contributed by atoms with Crippen molar-refractivity contribution >= 4 is 17.6 Å². The molecule has 96 valence electrons. The van der Waals surface area contributed by atoms with Crippen LogP contribution in [0, 0.1) is 16.7 Å². The van der Waals surface area contributed by atoms with Crippen molar-refractivity contribution in [1.29, 1.82) is 5.26 Å². The molecule has 0 saturated heterocycles. The van der Waals surface area contributed by atoms with Gasteiger partial charge in [-0.05, 0) is 25.0 Å². The van der Waals surface area contributed by atoms with Crippen LogP contribution >= 0.6 is 0 Å². The van der Waals surface area contributed by atoms with E-state index in [1.165, 1.54) is 13.8 Å². The maximum atomic E-state index is 12.0. The van der Waals surface area contributed by atoms with Crippen LogP contribution in [0.5, 0.6) is 0 Å². The lowest BCUT2D eigenvalue weighted by molar-refractivity contribution is -0.121. The predicted octanol–water partition coefficient (Wildman–Crippen LogP) is 2.88. The van der Waals surface area contributed by atoms with Gasteiger partial charge in [0.05, 0.1) is 17.4 Å². The first-order valence-corrected chi connectivity index (χ1v) is 6.19. The number of benzene rings is 1. The quantitative estimate of drug-likeness (QED) is 0.832. The fourth-order valence-corrected chi connectivity index (χ4v) is 2.83. The molecular weight excluding hydrogens is 238 g/mol. The number of carbonyl (C=O) groups excluding carboxylic acids is 2. The third-order valence-electron chi connectivity index (χ3n) is 3.54. The maximum absolute atomic E-state index is 12.0. The summed E-state index contributed by atoms with van der Waals surface area (Å²) in [5.41, 5.74) is 0.726. The third kappa shape index (κ3) is 2.22. The molecule has 0 fully saturated rings. The molecule has 0 bridgehead atoms. The number of fused-ring (bicyclic) bond motifs is 1. The predicted molar refractivity (Wildman–Crippen MR) is 72.2 cm³/mol. The van der Waals surface area contributed by atoms with E-state index in [1.54, 1.807) is 6.08 Å². The summed E-state index contributed by atoms with van der Waals surface area (Å²) in [4.78, 5) is 23.5. The highest BCUT2D eigenvalue weighted by molar-refractivity contribution is 5.90. The van der Waals surface area contributed by atoms with Crippen LogP contribution in [0.25, 0.3) is 6.08 Å². The van der Waals surface area contributed by atoms with E-state index in [-0.39, 0.29) is 18.0 Å². The van der Waals surface area contributed by atoms with Crippen molar-refractivity contribution in [1.82, 2.24) is 0 Å². The molecule has 0 unspecified atom stereocenters. The largest absolute Gasteiger partial charge is 0.300 e. The van der Waals surface area contributed by atoms with Gasteiger partial charge in [0.15, 0.2) is 0 Å². The summed E-state index contributed by atoms with van der Waals surface area (Å²) in [6, 6.07) is 9.71. The Morgan fingerprint density at radius 2 is 2.00 bits per heavy atom. The highest BCUT2D eigenvalue weighted by Gasteiger charge is 2.44. The summed E-state index contributed by atoms with van der Waals surface area (Å²) in [6.45, 7) is 2.93. The van der Waals surface area contributed by atoms with Crippen LogP contribution in [-0.2, 0) is 9.59 Å². The first kappa shape index (κ1) is 13.2. The van der Waals surface area contributed by atoms with Crippen molar-refractivity contribution in [2.24, 2.45) is 5.41 Å². The van der Waals surface area contributed by atoms with Crippen molar-refractivity contribution in [3.8, 4) is 6.07 Å². The Hall–Kier alpha value is -2.21. The highest BCUT2D eigenvalue weighted by atomic mass is 16.1. The molecule has 1 aliphatic carbocycles. The Morgan fingerprint density at radius 1 is 1.32 bits per heavy atom. The van der Waals surface area contributed by atoms with Gasteiger partial charge in [-0.25, -0.2) is 0 Å². The fourth-order valence-electron chi connectivity index (χ4n) is 2.83. The number of allylic oxidation sites excluding steroid dienone is 1. The van der Waals surface area contributed by atoms with E-state index in [1.807, 2.05) is 30.3 Å². The minimum absolute atomic E-state index is 0.0680. The summed E-state index contributed by atoms with van der Waals surface area (Å²) in [5.74, 6) is -0.737. The Bertz CT molecular complexity index is 609. The average molecular weight is 253 g/mol. The SMILES string of the molecule is CC(=O)C[C@@]1(C#N)C=Cc2ccccc2[C@H]1C(C)=O. The zero-order valence-electron chi connectivity index (χ0n) is 11.0. The molecule has 1 aliphatic rings. The van der Waals surface area contributed by atoms with Crippen LogP contribution < -0.4 is 0 Å². The van der Waals surface area contributed by atoms with Crippen molar-refractivity contribution in [3.63, 3.8) is 0 Å². The fraction of sp³-hybridized carbons (Fsp3) is 0.312. The number of nitrogens with zero attached hydrogens (tertiary/aromatic N) is 1. The first-order valence-electron chi connectivity index (χ1n) is 6.19. The molecule has 3 heteroatoms. The second-order valence-electron chi connectivity index (χ2n) is 5.04. The van der Waals surface area contributed by atoms with Gasteiger partial charge in [-0.3, -0.25) is 9.59 Å². The van der Waals surface area contributed by atoms with E-state index in [0.717, 1.165) is 11.1 Å². The molecule has 0 heterocycles. The van der Waals surface area contributed by atoms with Gasteiger partial charge >= 0.3 is 0 Å². The van der Waals surface area contributed by atoms with E-state index in [0.29, 0.717) is 0 Å². The van der Waals surface area contributed by atoms with Gasteiger partial charge < -0.3 is 0 Å². The third-order valence-corrected chi connectivity index (χ3v) is 3.54. The minimum Gasteiger partial charge on any atom is -0.300 e. The number of rotatable bonds is 3. The molecule has 19 heavy (non-hydrogen) atoms. The van der Waals surface area contributed by atoms with Crippen molar-refractivity contribution in [2.75, 3.05) is 0 Å². The molecular formula is C16H15NO2. The van der Waals surface area contributed by atoms with Gasteiger partial charge in [0.1, 0.15) is 11.6 Å². The van der Waals surface area contributed by atoms with Gasteiger partial charge in [0, 0.05) is 6.42 Å². The molecule has 2 rings (SSSR count). The van der Waals surface area contributed by atoms with E-state index < -0.39 is 11.3 Å². The van der Waals surface area contributed by atoms with Crippen LogP contribution in [0.1, 0.15) is 37.3 Å². The minimum atomic E-state index is -1.05. The second kappa shape index (κ2) is 4.81. The van der Waals surface area contributed by atoms with E-state index >= 15 is 0 Å². The zero-order chi connectivity index (χ0) is 14.0. The van der Waals surface area contributed by atoms with Crippen molar-refractivity contribution < 1.29 is 9.59 Å². The smallest absolute Gasteiger partial charge is 0.139 e. The Morgan fingerprint density at radius 3 is 2.58 bits per heavy atom. The molecule has 1 aromatic carbocycles. The number of Topliss-reactive ketones (excluding diaryl/α,β-unsaturated/α-hetero) is 2. The zero-order valence-corrected chi connectivity index (χ0v) is 11.0. The highest BCUT2D eigenvalue weighted by Crippen LogP contribution is 2.45. The molecule has 1 aromatic rings. The lowest BCUT2D eigenvalue weighted by atomic mass is 9.64. The number of hydrogen-bond donors (Lipinski definition) is 0. The molecule has 0 radical (unpaired) electrons. The summed E-state index contributed by atoms with van der Waals surface area (Å²) < 4.78 is 0. The second-order valence-corrected chi connectivity index (χ2v) is 5.04. The maximum Gasteiger partial charge on any atom is 0.139 e. The molecule has 0 aliphatic heterocycles. The van der Waals surface area contributed by atoms with Crippen LogP contribution in [0.15, 0.2) is 30.3 Å². The van der Waals surface area contributed by atoms with Crippen molar-refractivity contribution in [3.05, 3.63) is 41.5 Å². The van der Waals surface area contributed by atoms with Gasteiger partial charge in [0.2, 0.25) is 0 Å². The number of carbonyl (C=O) groups is 2. The number of ketones is 2. The Labute approximate surface area is 112 Å². The van der Waals surface area contributed by atoms with Crippen LogP contribution in [0.3, 0.4) is 0 Å².